The van der Waals surface area contributed by atoms with Crippen LogP contribution in [0.25, 0.3) is 11.3 Å². The molecule has 0 bridgehead atoms. The molecule has 0 aliphatic rings. The van der Waals surface area contributed by atoms with Crippen molar-refractivity contribution in [3.63, 3.8) is 0 Å². The van der Waals surface area contributed by atoms with Gasteiger partial charge in [-0.25, -0.2) is 0 Å². The molecule has 0 aliphatic carbocycles. The van der Waals surface area contributed by atoms with Gasteiger partial charge in [-0.1, -0.05) is 12.1 Å². The molecule has 0 unspecified atom stereocenters. The molecule has 1 aromatic carbocycles. The number of nitrogen functional groups attached to an aromatic ring is 1. The van der Waals surface area contributed by atoms with Crippen LogP contribution in [0.15, 0.2) is 30.5 Å². The van der Waals surface area contributed by atoms with Gasteiger partial charge in [-0.05, 0) is 12.1 Å². The van der Waals surface area contributed by atoms with Crippen molar-refractivity contribution in [1.82, 2.24) is 10.2 Å². The number of halogens is 2. The van der Waals surface area contributed by atoms with Crippen molar-refractivity contribution in [3.8, 4) is 11.3 Å². The van der Waals surface area contributed by atoms with Crippen molar-refractivity contribution in [3.05, 3.63) is 30.5 Å². The Kier molecular flexibility index (Phi) is 5.85. The van der Waals surface area contributed by atoms with E-state index in [0.29, 0.717) is 5.69 Å². The molecule has 2 rings (SSSR count). The van der Waals surface area contributed by atoms with Gasteiger partial charge in [0.05, 0.1) is 17.6 Å². The molecule has 1 heterocycles. The van der Waals surface area contributed by atoms with E-state index in [4.69, 9.17) is 5.73 Å². The smallest absolute Gasteiger partial charge is 0.0879 e. The fourth-order valence-electron chi connectivity index (χ4n) is 1.45. The Hall–Kier alpha value is -1.39. The van der Waals surface area contributed by atoms with E-state index in [0.717, 1.165) is 16.9 Å². The molecule has 2 aromatic rings. The maximum Gasteiger partial charge on any atom is 0.0879 e. The molecule has 0 atom stereocenters. The van der Waals surface area contributed by atoms with Crippen molar-refractivity contribution >= 4 is 36.2 Å². The Bertz CT molecular complexity index is 451. The van der Waals surface area contributed by atoms with Crippen LogP contribution in [0.3, 0.4) is 0 Å². The zero-order valence-corrected chi connectivity index (χ0v) is 11.3. The maximum atomic E-state index is 5.77. The van der Waals surface area contributed by atoms with Gasteiger partial charge in [-0.15, -0.1) is 24.8 Å². The number of hydrogen-bond acceptors (Lipinski definition) is 3. The Morgan fingerprint density at radius 1 is 1.12 bits per heavy atom. The fourth-order valence-corrected chi connectivity index (χ4v) is 1.45. The largest absolute Gasteiger partial charge is 0.396 e. The van der Waals surface area contributed by atoms with E-state index >= 15 is 0 Å². The first kappa shape index (κ1) is 15.6. The predicted octanol–water partition coefficient (Wildman–Crippen LogP) is 2.57. The van der Waals surface area contributed by atoms with E-state index in [-0.39, 0.29) is 24.8 Å². The molecular formula is C11H16Cl2N4. The third kappa shape index (κ3) is 3.28. The lowest BCUT2D eigenvalue weighted by Gasteiger charge is -2.12. The molecule has 1 aromatic heterocycles. The van der Waals surface area contributed by atoms with Crippen LogP contribution in [0.5, 0.6) is 0 Å². The molecule has 0 aliphatic heterocycles. The highest BCUT2D eigenvalue weighted by Gasteiger charge is 2.04. The number of aromatic nitrogens is 2. The summed E-state index contributed by atoms with van der Waals surface area (Å²) in [5.41, 5.74) is 9.53. The number of nitrogens with zero attached hydrogens (tertiary/aromatic N) is 2. The highest BCUT2D eigenvalue weighted by molar-refractivity contribution is 5.85. The summed E-state index contributed by atoms with van der Waals surface area (Å²) in [5, 5.41) is 6.78. The van der Waals surface area contributed by atoms with Crippen LogP contribution in [0.1, 0.15) is 0 Å². The molecule has 94 valence electrons. The number of anilines is 2. The van der Waals surface area contributed by atoms with Crippen molar-refractivity contribution in [2.45, 2.75) is 0 Å². The Morgan fingerprint density at radius 2 is 1.71 bits per heavy atom. The topological polar surface area (TPSA) is 57.9 Å². The molecule has 6 heteroatoms. The molecule has 0 saturated carbocycles. The van der Waals surface area contributed by atoms with Gasteiger partial charge in [0.15, 0.2) is 0 Å². The molecular weight excluding hydrogens is 259 g/mol. The number of H-pyrrole nitrogens is 1. The third-order valence-electron chi connectivity index (χ3n) is 2.34. The van der Waals surface area contributed by atoms with Gasteiger partial charge in [0, 0.05) is 25.3 Å². The molecule has 0 fully saturated rings. The van der Waals surface area contributed by atoms with Gasteiger partial charge in [0.1, 0.15) is 0 Å². The summed E-state index contributed by atoms with van der Waals surface area (Å²) >= 11 is 0. The van der Waals surface area contributed by atoms with Gasteiger partial charge in [0.2, 0.25) is 0 Å². The Morgan fingerprint density at radius 3 is 2.12 bits per heavy atom. The quantitative estimate of drug-likeness (QED) is 0.885. The summed E-state index contributed by atoms with van der Waals surface area (Å²) in [6, 6.07) is 8.16. The average Bonchev–Trinajstić information content (AvgIpc) is 2.65. The van der Waals surface area contributed by atoms with Crippen LogP contribution < -0.4 is 10.6 Å². The van der Waals surface area contributed by atoms with Crippen molar-refractivity contribution in [2.24, 2.45) is 0 Å². The minimum atomic E-state index is 0. The Balaban J connectivity index is 0.00000128. The molecule has 0 amide bonds. The summed E-state index contributed by atoms with van der Waals surface area (Å²) in [7, 11) is 4.03. The van der Waals surface area contributed by atoms with Gasteiger partial charge < -0.3 is 10.6 Å². The summed E-state index contributed by atoms with van der Waals surface area (Å²) < 4.78 is 0. The van der Waals surface area contributed by atoms with E-state index in [1.54, 1.807) is 6.20 Å². The predicted molar refractivity (Wildman–Crippen MR) is 77.3 cm³/mol. The van der Waals surface area contributed by atoms with Gasteiger partial charge in [-0.3, -0.25) is 5.10 Å². The molecule has 0 radical (unpaired) electrons. The van der Waals surface area contributed by atoms with E-state index in [9.17, 15) is 0 Å². The van der Waals surface area contributed by atoms with E-state index < -0.39 is 0 Å². The fraction of sp³-hybridized carbons (Fsp3) is 0.182. The average molecular weight is 275 g/mol. The summed E-state index contributed by atoms with van der Waals surface area (Å²) in [6.45, 7) is 0. The van der Waals surface area contributed by atoms with Crippen LogP contribution in [0, 0.1) is 0 Å². The lowest BCUT2D eigenvalue weighted by molar-refractivity contribution is 1.09. The van der Waals surface area contributed by atoms with Crippen LogP contribution in [-0.4, -0.2) is 24.3 Å². The van der Waals surface area contributed by atoms with Gasteiger partial charge >= 0.3 is 0 Å². The monoisotopic (exact) mass is 274 g/mol. The lowest BCUT2D eigenvalue weighted by Crippen LogP contribution is -2.07. The number of hydrogen-bond donors (Lipinski definition) is 2. The summed E-state index contributed by atoms with van der Waals surface area (Å²) in [6.07, 6.45) is 1.62. The summed E-state index contributed by atoms with van der Waals surface area (Å²) in [5.74, 6) is 0. The van der Waals surface area contributed by atoms with E-state index in [2.05, 4.69) is 27.2 Å². The minimum Gasteiger partial charge on any atom is -0.396 e. The number of nitrogens with one attached hydrogen (secondary N) is 1. The highest BCUT2D eigenvalue weighted by atomic mass is 35.5. The SMILES string of the molecule is CN(C)c1ccc(-c2[nH]ncc2N)cc1.Cl.Cl. The normalized spacial score (nSPS) is 9.06. The number of rotatable bonds is 2. The van der Waals surface area contributed by atoms with Crippen LogP contribution >= 0.6 is 24.8 Å². The van der Waals surface area contributed by atoms with Crippen molar-refractivity contribution in [1.29, 1.82) is 0 Å². The van der Waals surface area contributed by atoms with Crippen LogP contribution in [-0.2, 0) is 0 Å². The van der Waals surface area contributed by atoms with E-state index in [1.165, 1.54) is 0 Å². The molecule has 17 heavy (non-hydrogen) atoms. The van der Waals surface area contributed by atoms with Gasteiger partial charge in [0.25, 0.3) is 0 Å². The van der Waals surface area contributed by atoms with Gasteiger partial charge in [-0.2, -0.15) is 5.10 Å². The van der Waals surface area contributed by atoms with E-state index in [1.807, 2.05) is 26.2 Å². The molecule has 0 saturated heterocycles. The second-order valence-corrected chi connectivity index (χ2v) is 3.64. The number of benzene rings is 1. The second-order valence-electron chi connectivity index (χ2n) is 3.64. The second kappa shape index (κ2) is 6.37. The highest BCUT2D eigenvalue weighted by Crippen LogP contribution is 2.24. The maximum absolute atomic E-state index is 5.77. The molecule has 3 N–H and O–H groups in total. The van der Waals surface area contributed by atoms with Crippen molar-refractivity contribution < 1.29 is 0 Å². The number of aromatic amines is 1. The van der Waals surface area contributed by atoms with Crippen LogP contribution in [0.2, 0.25) is 0 Å². The zero-order valence-electron chi connectivity index (χ0n) is 9.68. The molecule has 4 nitrogen and oxygen atoms in total. The Labute approximate surface area is 113 Å². The number of nitrogens with two attached hydrogens (primary N) is 1. The molecule has 0 spiro atoms. The van der Waals surface area contributed by atoms with Crippen LogP contribution in [0.4, 0.5) is 11.4 Å². The van der Waals surface area contributed by atoms with Crippen molar-refractivity contribution in [2.75, 3.05) is 24.7 Å². The standard InChI is InChI=1S/C11H14N4.2ClH/c1-15(2)9-5-3-8(4-6-9)11-10(12)7-13-14-11;;/h3-7H,12H2,1-2H3,(H,13,14);2*1H. The lowest BCUT2D eigenvalue weighted by atomic mass is 10.1. The first-order chi connectivity index (χ1) is 7.18. The zero-order chi connectivity index (χ0) is 10.8. The third-order valence-corrected chi connectivity index (χ3v) is 2.34. The summed E-state index contributed by atoms with van der Waals surface area (Å²) in [4.78, 5) is 2.06. The first-order valence-corrected chi connectivity index (χ1v) is 4.75. The first-order valence-electron chi connectivity index (χ1n) is 4.75. The minimum absolute atomic E-state index is 0.